The SMILES string of the molecule is Cc1cncc(NC(=O)c2cc(Cl)c(C)s2)c1. The van der Waals surface area contributed by atoms with Crippen molar-refractivity contribution in [2.24, 2.45) is 0 Å². The minimum absolute atomic E-state index is 0.155. The lowest BCUT2D eigenvalue weighted by atomic mass is 10.3. The summed E-state index contributed by atoms with van der Waals surface area (Å²) in [5.74, 6) is -0.155. The lowest BCUT2D eigenvalue weighted by Crippen LogP contribution is -2.10. The molecule has 88 valence electrons. The van der Waals surface area contributed by atoms with Gasteiger partial charge in [-0.25, -0.2) is 0 Å². The maximum Gasteiger partial charge on any atom is 0.265 e. The number of nitrogens with zero attached hydrogens (tertiary/aromatic N) is 1. The van der Waals surface area contributed by atoms with Gasteiger partial charge in [0.25, 0.3) is 5.91 Å². The quantitative estimate of drug-likeness (QED) is 0.901. The molecule has 0 spiro atoms. The highest BCUT2D eigenvalue weighted by Crippen LogP contribution is 2.26. The van der Waals surface area contributed by atoms with E-state index in [0.717, 1.165) is 10.4 Å². The first-order valence-corrected chi connectivity index (χ1v) is 6.24. The summed E-state index contributed by atoms with van der Waals surface area (Å²) in [6.45, 7) is 3.81. The molecule has 2 heterocycles. The maximum atomic E-state index is 11.9. The number of aryl methyl sites for hydroxylation is 2. The Labute approximate surface area is 108 Å². The van der Waals surface area contributed by atoms with E-state index in [9.17, 15) is 4.79 Å². The number of carbonyl (C=O) groups excluding carboxylic acids is 1. The van der Waals surface area contributed by atoms with Gasteiger partial charge in [-0.1, -0.05) is 11.6 Å². The third-order valence-electron chi connectivity index (χ3n) is 2.21. The second kappa shape index (κ2) is 4.85. The highest BCUT2D eigenvalue weighted by atomic mass is 35.5. The molecule has 2 aromatic rings. The van der Waals surface area contributed by atoms with Crippen molar-refractivity contribution in [3.63, 3.8) is 0 Å². The predicted octanol–water partition coefficient (Wildman–Crippen LogP) is 3.67. The number of thiophene rings is 1. The van der Waals surface area contributed by atoms with Gasteiger partial charge in [0.1, 0.15) is 0 Å². The van der Waals surface area contributed by atoms with Gasteiger partial charge in [0.2, 0.25) is 0 Å². The molecule has 2 aromatic heterocycles. The number of anilines is 1. The molecule has 0 aliphatic heterocycles. The predicted molar refractivity (Wildman–Crippen MR) is 71.0 cm³/mol. The summed E-state index contributed by atoms with van der Waals surface area (Å²) in [5, 5.41) is 3.42. The van der Waals surface area contributed by atoms with Gasteiger partial charge in [-0.15, -0.1) is 11.3 Å². The lowest BCUT2D eigenvalue weighted by Gasteiger charge is -2.03. The van der Waals surface area contributed by atoms with Gasteiger partial charge in [0, 0.05) is 11.1 Å². The van der Waals surface area contributed by atoms with E-state index in [2.05, 4.69) is 10.3 Å². The van der Waals surface area contributed by atoms with Crippen LogP contribution in [0.1, 0.15) is 20.1 Å². The van der Waals surface area contributed by atoms with Gasteiger partial charge in [0.15, 0.2) is 0 Å². The van der Waals surface area contributed by atoms with Gasteiger partial charge < -0.3 is 5.32 Å². The largest absolute Gasteiger partial charge is 0.320 e. The van der Waals surface area contributed by atoms with Crippen LogP contribution >= 0.6 is 22.9 Å². The number of amides is 1. The summed E-state index contributed by atoms with van der Waals surface area (Å²) in [6.07, 6.45) is 3.36. The minimum Gasteiger partial charge on any atom is -0.320 e. The first kappa shape index (κ1) is 12.1. The first-order valence-electron chi connectivity index (χ1n) is 5.05. The molecule has 17 heavy (non-hydrogen) atoms. The minimum atomic E-state index is -0.155. The number of rotatable bonds is 2. The normalized spacial score (nSPS) is 10.3. The average Bonchev–Trinajstić information content (AvgIpc) is 2.59. The van der Waals surface area contributed by atoms with Crippen LogP contribution in [0.2, 0.25) is 5.02 Å². The number of hydrogen-bond donors (Lipinski definition) is 1. The van der Waals surface area contributed by atoms with Crippen molar-refractivity contribution < 1.29 is 4.79 Å². The second-order valence-corrected chi connectivity index (χ2v) is 5.38. The topological polar surface area (TPSA) is 42.0 Å². The first-order chi connectivity index (χ1) is 8.06. The molecule has 5 heteroatoms. The highest BCUT2D eigenvalue weighted by molar-refractivity contribution is 7.14. The zero-order chi connectivity index (χ0) is 12.4. The monoisotopic (exact) mass is 266 g/mol. The Kier molecular flexibility index (Phi) is 3.45. The van der Waals surface area contributed by atoms with Crippen LogP contribution in [0.4, 0.5) is 5.69 Å². The van der Waals surface area contributed by atoms with E-state index in [0.29, 0.717) is 15.6 Å². The number of halogens is 1. The molecule has 3 nitrogen and oxygen atoms in total. The van der Waals surface area contributed by atoms with E-state index >= 15 is 0 Å². The molecular weight excluding hydrogens is 256 g/mol. The molecule has 0 radical (unpaired) electrons. The summed E-state index contributed by atoms with van der Waals surface area (Å²) >= 11 is 7.30. The van der Waals surface area contributed by atoms with Crippen molar-refractivity contribution >= 4 is 34.5 Å². The fraction of sp³-hybridized carbons (Fsp3) is 0.167. The number of pyridine rings is 1. The number of carbonyl (C=O) groups is 1. The molecule has 1 amide bonds. The fourth-order valence-electron chi connectivity index (χ4n) is 1.39. The molecule has 1 N–H and O–H groups in total. The molecule has 0 unspecified atom stereocenters. The van der Waals surface area contributed by atoms with Gasteiger partial charge in [-0.3, -0.25) is 9.78 Å². The second-order valence-electron chi connectivity index (χ2n) is 3.72. The van der Waals surface area contributed by atoms with Gasteiger partial charge in [-0.2, -0.15) is 0 Å². The Morgan fingerprint density at radius 1 is 1.35 bits per heavy atom. The van der Waals surface area contributed by atoms with Crippen LogP contribution in [0.5, 0.6) is 0 Å². The van der Waals surface area contributed by atoms with Crippen molar-refractivity contribution in [2.75, 3.05) is 5.32 Å². The molecule has 2 rings (SSSR count). The van der Waals surface area contributed by atoms with E-state index in [-0.39, 0.29) is 5.91 Å². The smallest absolute Gasteiger partial charge is 0.265 e. The molecule has 0 aromatic carbocycles. The van der Waals surface area contributed by atoms with Gasteiger partial charge >= 0.3 is 0 Å². The molecule has 0 atom stereocenters. The summed E-state index contributed by atoms with van der Waals surface area (Å²) in [5.41, 5.74) is 1.69. The van der Waals surface area contributed by atoms with Gasteiger partial charge in [-0.05, 0) is 31.5 Å². The Morgan fingerprint density at radius 3 is 2.71 bits per heavy atom. The molecule has 0 saturated carbocycles. The van der Waals surface area contributed by atoms with E-state index in [1.807, 2.05) is 19.9 Å². The van der Waals surface area contributed by atoms with Crippen molar-refractivity contribution in [1.29, 1.82) is 0 Å². The van der Waals surface area contributed by atoms with Crippen LogP contribution in [0.25, 0.3) is 0 Å². The molecule has 0 bridgehead atoms. The average molecular weight is 267 g/mol. The third-order valence-corrected chi connectivity index (χ3v) is 3.77. The van der Waals surface area contributed by atoms with E-state index in [1.165, 1.54) is 11.3 Å². The summed E-state index contributed by atoms with van der Waals surface area (Å²) in [7, 11) is 0. The number of hydrogen-bond acceptors (Lipinski definition) is 3. The lowest BCUT2D eigenvalue weighted by molar-refractivity contribution is 0.103. The highest BCUT2D eigenvalue weighted by Gasteiger charge is 2.11. The Bertz CT molecular complexity index is 546. The summed E-state index contributed by atoms with van der Waals surface area (Å²) in [6, 6.07) is 3.55. The molecule has 0 saturated heterocycles. The Morgan fingerprint density at radius 2 is 2.12 bits per heavy atom. The van der Waals surface area contributed by atoms with Crippen molar-refractivity contribution in [1.82, 2.24) is 4.98 Å². The van der Waals surface area contributed by atoms with E-state index in [4.69, 9.17) is 11.6 Å². The Balaban J connectivity index is 2.17. The molecule has 0 fully saturated rings. The zero-order valence-corrected chi connectivity index (χ0v) is 11.0. The standard InChI is InChI=1S/C12H11ClN2OS/c1-7-3-9(6-14-5-7)15-12(16)11-4-10(13)8(2)17-11/h3-6H,1-2H3,(H,15,16). The molecule has 0 aliphatic carbocycles. The van der Waals surface area contributed by atoms with Crippen LogP contribution < -0.4 is 5.32 Å². The van der Waals surface area contributed by atoms with Crippen LogP contribution in [-0.2, 0) is 0 Å². The maximum absolute atomic E-state index is 11.9. The van der Waals surface area contributed by atoms with Crippen molar-refractivity contribution in [2.45, 2.75) is 13.8 Å². The summed E-state index contributed by atoms with van der Waals surface area (Å²) < 4.78 is 0. The van der Waals surface area contributed by atoms with Crippen molar-refractivity contribution in [3.8, 4) is 0 Å². The van der Waals surface area contributed by atoms with Crippen LogP contribution in [-0.4, -0.2) is 10.9 Å². The van der Waals surface area contributed by atoms with Crippen LogP contribution in [0, 0.1) is 13.8 Å². The van der Waals surface area contributed by atoms with Crippen LogP contribution in [0.3, 0.4) is 0 Å². The Hall–Kier alpha value is -1.39. The number of nitrogens with one attached hydrogen (secondary N) is 1. The fourth-order valence-corrected chi connectivity index (χ4v) is 2.48. The van der Waals surface area contributed by atoms with Gasteiger partial charge in [0.05, 0.1) is 21.8 Å². The zero-order valence-electron chi connectivity index (χ0n) is 9.45. The number of aromatic nitrogens is 1. The summed E-state index contributed by atoms with van der Waals surface area (Å²) in [4.78, 5) is 17.5. The van der Waals surface area contributed by atoms with E-state index in [1.54, 1.807) is 18.5 Å². The molecule has 0 aliphatic rings. The third kappa shape index (κ3) is 2.84. The van der Waals surface area contributed by atoms with Crippen molar-refractivity contribution in [3.05, 3.63) is 44.9 Å². The molecular formula is C12H11ClN2OS. The van der Waals surface area contributed by atoms with Crippen LogP contribution in [0.15, 0.2) is 24.5 Å². The van der Waals surface area contributed by atoms with E-state index < -0.39 is 0 Å².